The SMILES string of the molecule is CN(Cc1ncc[nH]1)C(=O)c1ccc(C(F)(F)F)nc1. The maximum Gasteiger partial charge on any atom is 0.433 e. The lowest BCUT2D eigenvalue weighted by Crippen LogP contribution is -2.27. The molecule has 0 radical (unpaired) electrons. The van der Waals surface area contributed by atoms with Gasteiger partial charge in [-0.15, -0.1) is 0 Å². The number of rotatable bonds is 3. The molecular weight excluding hydrogens is 273 g/mol. The summed E-state index contributed by atoms with van der Waals surface area (Å²) in [5.41, 5.74) is -0.935. The molecule has 0 fully saturated rings. The van der Waals surface area contributed by atoms with Crippen molar-refractivity contribution < 1.29 is 18.0 Å². The van der Waals surface area contributed by atoms with Gasteiger partial charge in [0.05, 0.1) is 12.1 Å². The number of halogens is 3. The Bertz CT molecular complexity index is 578. The quantitative estimate of drug-likeness (QED) is 0.938. The molecule has 0 saturated heterocycles. The Kier molecular flexibility index (Phi) is 3.73. The fourth-order valence-electron chi connectivity index (χ4n) is 1.59. The van der Waals surface area contributed by atoms with Crippen molar-refractivity contribution in [3.63, 3.8) is 0 Å². The number of imidazole rings is 1. The number of H-pyrrole nitrogens is 1. The summed E-state index contributed by atoms with van der Waals surface area (Å²) in [6.45, 7) is 0.229. The molecule has 0 unspecified atom stereocenters. The van der Waals surface area contributed by atoms with E-state index in [1.165, 1.54) is 11.9 Å². The fraction of sp³-hybridized carbons (Fsp3) is 0.250. The second kappa shape index (κ2) is 5.32. The Morgan fingerprint density at radius 3 is 2.60 bits per heavy atom. The van der Waals surface area contributed by atoms with E-state index in [2.05, 4.69) is 15.0 Å². The first-order valence-electron chi connectivity index (χ1n) is 5.65. The van der Waals surface area contributed by atoms with Crippen molar-refractivity contribution in [1.82, 2.24) is 19.9 Å². The first-order valence-corrected chi connectivity index (χ1v) is 5.65. The highest BCUT2D eigenvalue weighted by Gasteiger charge is 2.32. The van der Waals surface area contributed by atoms with Crippen LogP contribution in [0.15, 0.2) is 30.7 Å². The molecule has 0 atom stereocenters. The second-order valence-corrected chi connectivity index (χ2v) is 4.13. The normalized spacial score (nSPS) is 11.4. The number of aromatic nitrogens is 3. The van der Waals surface area contributed by atoms with Crippen LogP contribution in [-0.2, 0) is 12.7 Å². The van der Waals surface area contributed by atoms with Crippen LogP contribution >= 0.6 is 0 Å². The van der Waals surface area contributed by atoms with Crippen LogP contribution in [0.4, 0.5) is 13.2 Å². The van der Waals surface area contributed by atoms with Crippen molar-refractivity contribution in [3.8, 4) is 0 Å². The Morgan fingerprint density at radius 1 is 1.35 bits per heavy atom. The Balaban J connectivity index is 2.09. The first-order chi connectivity index (χ1) is 9.38. The average Bonchev–Trinajstić information content (AvgIpc) is 2.90. The third-order valence-corrected chi connectivity index (χ3v) is 2.59. The lowest BCUT2D eigenvalue weighted by molar-refractivity contribution is -0.141. The van der Waals surface area contributed by atoms with Crippen LogP contribution in [0.25, 0.3) is 0 Å². The zero-order chi connectivity index (χ0) is 14.8. The predicted molar refractivity (Wildman–Crippen MR) is 63.6 cm³/mol. The molecule has 0 aliphatic rings. The van der Waals surface area contributed by atoms with Crippen molar-refractivity contribution in [2.45, 2.75) is 12.7 Å². The molecule has 1 N–H and O–H groups in total. The van der Waals surface area contributed by atoms with Crippen LogP contribution in [0, 0.1) is 0 Å². The van der Waals surface area contributed by atoms with Gasteiger partial charge >= 0.3 is 6.18 Å². The Labute approximate surface area is 112 Å². The fourth-order valence-corrected chi connectivity index (χ4v) is 1.59. The first kappa shape index (κ1) is 14.0. The van der Waals surface area contributed by atoms with Crippen LogP contribution < -0.4 is 0 Å². The molecular formula is C12H11F3N4O. The number of aromatic amines is 1. The number of pyridine rings is 1. The smallest absolute Gasteiger partial charge is 0.347 e. The minimum atomic E-state index is -4.51. The maximum atomic E-state index is 12.4. The van der Waals surface area contributed by atoms with E-state index >= 15 is 0 Å². The zero-order valence-electron chi connectivity index (χ0n) is 10.5. The minimum absolute atomic E-state index is 0.0899. The minimum Gasteiger partial charge on any atom is -0.347 e. The van der Waals surface area contributed by atoms with Gasteiger partial charge in [0, 0.05) is 25.6 Å². The number of nitrogens with zero attached hydrogens (tertiary/aromatic N) is 3. The van der Waals surface area contributed by atoms with Crippen molar-refractivity contribution in [3.05, 3.63) is 47.8 Å². The van der Waals surface area contributed by atoms with Gasteiger partial charge in [-0.05, 0) is 12.1 Å². The molecule has 0 aliphatic carbocycles. The van der Waals surface area contributed by atoms with Gasteiger partial charge in [0.1, 0.15) is 11.5 Å². The largest absolute Gasteiger partial charge is 0.433 e. The van der Waals surface area contributed by atoms with Crippen molar-refractivity contribution in [1.29, 1.82) is 0 Å². The molecule has 2 heterocycles. The average molecular weight is 284 g/mol. The number of carbonyl (C=O) groups is 1. The molecule has 2 rings (SSSR count). The van der Waals surface area contributed by atoms with E-state index in [0.29, 0.717) is 5.82 Å². The highest BCUT2D eigenvalue weighted by molar-refractivity contribution is 5.93. The van der Waals surface area contributed by atoms with Crippen molar-refractivity contribution in [2.75, 3.05) is 7.05 Å². The van der Waals surface area contributed by atoms with Crippen LogP contribution in [0.1, 0.15) is 21.9 Å². The molecule has 0 saturated carbocycles. The molecule has 5 nitrogen and oxygen atoms in total. The van der Waals surface area contributed by atoms with Gasteiger partial charge in [0.15, 0.2) is 0 Å². The van der Waals surface area contributed by atoms with E-state index in [1.54, 1.807) is 12.4 Å². The summed E-state index contributed by atoms with van der Waals surface area (Å²) in [4.78, 5) is 23.4. The molecule has 0 aromatic carbocycles. The number of amides is 1. The lowest BCUT2D eigenvalue weighted by atomic mass is 10.2. The number of carbonyl (C=O) groups excluding carboxylic acids is 1. The number of hydrogen-bond donors (Lipinski definition) is 1. The van der Waals surface area contributed by atoms with Gasteiger partial charge in [-0.3, -0.25) is 9.78 Å². The summed E-state index contributed by atoms with van der Waals surface area (Å²) in [5, 5.41) is 0. The standard InChI is InChI=1S/C12H11F3N4O/c1-19(7-10-16-4-5-17-10)11(20)8-2-3-9(18-6-8)12(13,14)15/h2-6H,7H2,1H3,(H,16,17). The molecule has 0 aliphatic heterocycles. The van der Waals surface area contributed by atoms with E-state index in [1.807, 2.05) is 0 Å². The van der Waals surface area contributed by atoms with Crippen molar-refractivity contribution in [2.24, 2.45) is 0 Å². The van der Waals surface area contributed by atoms with E-state index < -0.39 is 17.8 Å². The lowest BCUT2D eigenvalue weighted by Gasteiger charge is -2.15. The Morgan fingerprint density at radius 2 is 2.10 bits per heavy atom. The summed E-state index contributed by atoms with van der Waals surface area (Å²) < 4.78 is 37.1. The molecule has 2 aromatic heterocycles. The molecule has 8 heteroatoms. The monoisotopic (exact) mass is 284 g/mol. The molecule has 20 heavy (non-hydrogen) atoms. The van der Waals surface area contributed by atoms with Crippen molar-refractivity contribution >= 4 is 5.91 Å². The summed E-state index contributed by atoms with van der Waals surface area (Å²) in [6.07, 6.45) is -0.425. The maximum absolute atomic E-state index is 12.4. The summed E-state index contributed by atoms with van der Waals surface area (Å²) in [5.74, 6) is 0.156. The third kappa shape index (κ3) is 3.14. The van der Waals surface area contributed by atoms with Crippen LogP contribution in [0.2, 0.25) is 0 Å². The summed E-state index contributed by atoms with van der Waals surface area (Å²) >= 11 is 0. The van der Waals surface area contributed by atoms with E-state index in [0.717, 1.165) is 18.3 Å². The summed E-state index contributed by atoms with van der Waals surface area (Å²) in [6, 6.07) is 1.89. The molecule has 2 aromatic rings. The molecule has 1 amide bonds. The zero-order valence-corrected chi connectivity index (χ0v) is 10.5. The highest BCUT2D eigenvalue weighted by atomic mass is 19.4. The van der Waals surface area contributed by atoms with Crippen LogP contribution in [0.5, 0.6) is 0 Å². The van der Waals surface area contributed by atoms with Gasteiger partial charge < -0.3 is 9.88 Å². The van der Waals surface area contributed by atoms with Gasteiger partial charge in [-0.25, -0.2) is 4.98 Å². The van der Waals surface area contributed by atoms with E-state index in [4.69, 9.17) is 0 Å². The van der Waals surface area contributed by atoms with E-state index in [-0.39, 0.29) is 12.1 Å². The van der Waals surface area contributed by atoms with Gasteiger partial charge in [-0.1, -0.05) is 0 Å². The molecule has 0 bridgehead atoms. The Hall–Kier alpha value is -2.38. The molecule has 106 valence electrons. The summed E-state index contributed by atoms with van der Waals surface area (Å²) in [7, 11) is 1.53. The van der Waals surface area contributed by atoms with Crippen LogP contribution in [0.3, 0.4) is 0 Å². The second-order valence-electron chi connectivity index (χ2n) is 4.13. The third-order valence-electron chi connectivity index (χ3n) is 2.59. The predicted octanol–water partition coefficient (Wildman–Crippen LogP) is 2.10. The van der Waals surface area contributed by atoms with Gasteiger partial charge in [0.2, 0.25) is 0 Å². The van der Waals surface area contributed by atoms with E-state index in [9.17, 15) is 18.0 Å². The van der Waals surface area contributed by atoms with Crippen LogP contribution in [-0.4, -0.2) is 32.8 Å². The molecule has 0 spiro atoms. The highest BCUT2D eigenvalue weighted by Crippen LogP contribution is 2.27. The number of nitrogens with one attached hydrogen (secondary N) is 1. The topological polar surface area (TPSA) is 61.9 Å². The van der Waals surface area contributed by atoms with Gasteiger partial charge in [-0.2, -0.15) is 13.2 Å². The number of hydrogen-bond acceptors (Lipinski definition) is 3. The number of alkyl halides is 3. The van der Waals surface area contributed by atoms with Gasteiger partial charge in [0.25, 0.3) is 5.91 Å².